The molecule has 0 unspecified atom stereocenters. The maximum Gasteiger partial charge on any atom is 0.414 e. The van der Waals surface area contributed by atoms with E-state index in [-0.39, 0.29) is 18.3 Å². The van der Waals surface area contributed by atoms with Crippen LogP contribution in [0.25, 0.3) is 0 Å². The summed E-state index contributed by atoms with van der Waals surface area (Å²) in [7, 11) is 0. The van der Waals surface area contributed by atoms with E-state index in [4.69, 9.17) is 4.74 Å². The number of alkyl carbamates (subject to hydrolysis) is 1. The van der Waals surface area contributed by atoms with E-state index in [2.05, 4.69) is 37.2 Å². The van der Waals surface area contributed by atoms with E-state index >= 15 is 0 Å². The number of carbonyl (C=O) groups excluding carboxylic acids is 2. The Morgan fingerprint density at radius 3 is 2.48 bits per heavy atom. The molecule has 2 atom stereocenters. The van der Waals surface area contributed by atoms with Crippen LogP contribution in [0.1, 0.15) is 35.4 Å². The van der Waals surface area contributed by atoms with Crippen LogP contribution in [0.3, 0.4) is 0 Å². The topological polar surface area (TPSA) is 95.9 Å². The highest BCUT2D eigenvalue weighted by molar-refractivity contribution is 9.11. The molecule has 2 aromatic carbocycles. The van der Waals surface area contributed by atoms with Crippen LogP contribution in [0.15, 0.2) is 51.4 Å². The smallest absolute Gasteiger partial charge is 0.414 e. The lowest BCUT2D eigenvalue weighted by molar-refractivity contribution is 0.0532. The lowest BCUT2D eigenvalue weighted by Gasteiger charge is -2.25. The normalized spacial score (nSPS) is 12.9. The molecule has 0 aromatic heterocycles. The molecule has 0 saturated heterocycles. The van der Waals surface area contributed by atoms with Crippen molar-refractivity contribution in [3.8, 4) is 5.75 Å². The molecule has 2 rings (SSSR count). The molecule has 144 valence electrons. The number of aliphatic hydroxyl groups is 1. The second-order valence-electron chi connectivity index (χ2n) is 5.96. The summed E-state index contributed by atoms with van der Waals surface area (Å²) in [5, 5.41) is 21.8. The maximum absolute atomic E-state index is 12.3. The van der Waals surface area contributed by atoms with Gasteiger partial charge in [0.15, 0.2) is 0 Å². The molecule has 0 aliphatic heterocycles. The van der Waals surface area contributed by atoms with Gasteiger partial charge in [-0.1, -0.05) is 41.1 Å². The molecular formula is C19H19Br2NO5. The second kappa shape index (κ2) is 9.87. The first-order valence-corrected chi connectivity index (χ1v) is 9.77. The van der Waals surface area contributed by atoms with Gasteiger partial charge in [0, 0.05) is 22.2 Å². The van der Waals surface area contributed by atoms with Gasteiger partial charge in [0.1, 0.15) is 11.9 Å². The van der Waals surface area contributed by atoms with Gasteiger partial charge < -0.3 is 14.9 Å². The molecule has 8 heteroatoms. The van der Waals surface area contributed by atoms with Crippen LogP contribution in [0.4, 0.5) is 4.79 Å². The number of carbonyl (C=O) groups is 2. The van der Waals surface area contributed by atoms with Gasteiger partial charge in [0.2, 0.25) is 0 Å². The highest BCUT2D eigenvalue weighted by Gasteiger charge is 2.28. The van der Waals surface area contributed by atoms with Crippen molar-refractivity contribution in [1.82, 2.24) is 5.32 Å². The van der Waals surface area contributed by atoms with Crippen LogP contribution in [0.5, 0.6) is 5.75 Å². The summed E-state index contributed by atoms with van der Waals surface area (Å²) in [4.78, 5) is 24.4. The van der Waals surface area contributed by atoms with Gasteiger partial charge >= 0.3 is 6.09 Å². The highest BCUT2D eigenvalue weighted by Crippen LogP contribution is 2.40. The Labute approximate surface area is 173 Å². The van der Waals surface area contributed by atoms with Crippen molar-refractivity contribution >= 4 is 43.9 Å². The van der Waals surface area contributed by atoms with E-state index in [0.29, 0.717) is 26.5 Å². The Kier molecular flexibility index (Phi) is 7.82. The van der Waals surface area contributed by atoms with Gasteiger partial charge in [-0.3, -0.25) is 10.1 Å². The Bertz CT molecular complexity index is 813. The van der Waals surface area contributed by atoms with E-state index in [1.807, 2.05) is 0 Å². The first-order valence-electron chi connectivity index (χ1n) is 8.19. The van der Waals surface area contributed by atoms with Crippen molar-refractivity contribution in [1.29, 1.82) is 0 Å². The SMILES string of the molecule is C[C@@H](CCO)[C@H](OC(=O)NC(=O)c1ccccc1)c1cc(Br)cc(Br)c1O. The summed E-state index contributed by atoms with van der Waals surface area (Å²) < 4.78 is 6.55. The van der Waals surface area contributed by atoms with Crippen LogP contribution in [-0.2, 0) is 4.74 Å². The van der Waals surface area contributed by atoms with E-state index in [1.54, 1.807) is 49.4 Å². The summed E-state index contributed by atoms with van der Waals surface area (Å²) in [5.74, 6) is -0.969. The first kappa shape index (κ1) is 21.4. The van der Waals surface area contributed by atoms with Gasteiger partial charge in [-0.05, 0) is 52.5 Å². The Hall–Kier alpha value is -1.90. The number of amides is 2. The third-order valence-corrected chi connectivity index (χ3v) is 5.01. The number of rotatable bonds is 6. The molecule has 0 aliphatic rings. The lowest BCUT2D eigenvalue weighted by Crippen LogP contribution is -2.33. The number of hydrogen-bond donors (Lipinski definition) is 3. The minimum atomic E-state index is -0.936. The average molecular weight is 501 g/mol. The van der Waals surface area contributed by atoms with Crippen LogP contribution in [-0.4, -0.2) is 28.8 Å². The van der Waals surface area contributed by atoms with Crippen molar-refractivity contribution in [3.05, 3.63) is 62.5 Å². The monoisotopic (exact) mass is 499 g/mol. The number of aliphatic hydroxyl groups excluding tert-OH is 1. The Morgan fingerprint density at radius 2 is 1.85 bits per heavy atom. The molecule has 0 heterocycles. The van der Waals surface area contributed by atoms with Crippen molar-refractivity contribution in [2.45, 2.75) is 19.4 Å². The minimum Gasteiger partial charge on any atom is -0.506 e. The molecule has 0 saturated carbocycles. The van der Waals surface area contributed by atoms with Gasteiger partial charge in [-0.25, -0.2) is 4.79 Å². The molecule has 2 aromatic rings. The van der Waals surface area contributed by atoms with Gasteiger partial charge in [0.25, 0.3) is 5.91 Å². The largest absolute Gasteiger partial charge is 0.506 e. The number of halogens is 2. The predicted molar refractivity (Wildman–Crippen MR) is 108 cm³/mol. The molecule has 0 fully saturated rings. The van der Waals surface area contributed by atoms with E-state index < -0.39 is 18.1 Å². The van der Waals surface area contributed by atoms with Crippen LogP contribution >= 0.6 is 31.9 Å². The zero-order valence-electron chi connectivity index (χ0n) is 14.5. The van der Waals surface area contributed by atoms with Crippen LogP contribution in [0.2, 0.25) is 0 Å². The van der Waals surface area contributed by atoms with Gasteiger partial charge in [-0.15, -0.1) is 0 Å². The molecule has 6 nitrogen and oxygen atoms in total. The molecule has 0 spiro atoms. The maximum atomic E-state index is 12.3. The number of nitrogens with one attached hydrogen (secondary N) is 1. The number of benzene rings is 2. The zero-order valence-corrected chi connectivity index (χ0v) is 17.7. The zero-order chi connectivity index (χ0) is 20.0. The van der Waals surface area contributed by atoms with Crippen LogP contribution in [0, 0.1) is 5.92 Å². The molecule has 0 radical (unpaired) electrons. The highest BCUT2D eigenvalue weighted by atomic mass is 79.9. The third-order valence-electron chi connectivity index (χ3n) is 3.95. The molecule has 0 aliphatic carbocycles. The van der Waals surface area contributed by atoms with E-state index in [9.17, 15) is 19.8 Å². The van der Waals surface area contributed by atoms with Gasteiger partial charge in [0.05, 0.1) is 4.47 Å². The van der Waals surface area contributed by atoms with E-state index in [1.165, 1.54) is 0 Å². The number of ether oxygens (including phenoxy) is 1. The fraction of sp³-hybridized carbons (Fsp3) is 0.263. The van der Waals surface area contributed by atoms with Crippen molar-refractivity contribution in [2.24, 2.45) is 5.92 Å². The van der Waals surface area contributed by atoms with Crippen molar-refractivity contribution < 1.29 is 24.5 Å². The number of phenolic OH excluding ortho intramolecular Hbond substituents is 1. The predicted octanol–water partition coefficient (Wildman–Crippen LogP) is 4.54. The molecule has 2 amide bonds. The fourth-order valence-corrected chi connectivity index (χ4v) is 3.80. The van der Waals surface area contributed by atoms with Gasteiger partial charge in [-0.2, -0.15) is 0 Å². The standard InChI is InChI=1S/C19H19Br2NO5/c1-11(7-8-23)17(14-9-13(20)10-15(21)16(14)24)27-19(26)22-18(25)12-5-3-2-4-6-12/h2-6,9-11,17,23-24H,7-8H2,1H3,(H,22,25,26)/t11-,17-/m0/s1. The molecular weight excluding hydrogens is 482 g/mol. The summed E-state index contributed by atoms with van der Waals surface area (Å²) in [6.07, 6.45) is -1.46. The van der Waals surface area contributed by atoms with E-state index in [0.717, 1.165) is 0 Å². The number of phenols is 1. The molecule has 3 N–H and O–H groups in total. The summed E-state index contributed by atoms with van der Waals surface area (Å²) in [6.45, 7) is 1.67. The fourth-order valence-electron chi connectivity index (χ4n) is 2.54. The van der Waals surface area contributed by atoms with Crippen molar-refractivity contribution in [2.75, 3.05) is 6.61 Å². The third kappa shape index (κ3) is 5.79. The summed E-state index contributed by atoms with van der Waals surface area (Å²) in [6, 6.07) is 11.6. The Morgan fingerprint density at radius 1 is 1.19 bits per heavy atom. The minimum absolute atomic E-state index is 0.0739. The first-order chi connectivity index (χ1) is 12.8. The number of hydrogen-bond acceptors (Lipinski definition) is 5. The molecule has 0 bridgehead atoms. The van der Waals surface area contributed by atoms with Crippen molar-refractivity contribution in [3.63, 3.8) is 0 Å². The quantitative estimate of drug-likeness (QED) is 0.541. The summed E-state index contributed by atoms with van der Waals surface area (Å²) >= 11 is 6.59. The lowest BCUT2D eigenvalue weighted by atomic mass is 9.94. The number of aromatic hydroxyl groups is 1. The summed E-state index contributed by atoms with van der Waals surface area (Å²) in [5.41, 5.74) is 0.682. The second-order valence-corrected chi connectivity index (χ2v) is 7.73. The number of imide groups is 1. The molecule has 27 heavy (non-hydrogen) atoms. The average Bonchev–Trinajstić information content (AvgIpc) is 2.63. The Balaban J connectivity index is 2.22. The van der Waals surface area contributed by atoms with Crippen LogP contribution < -0.4 is 5.32 Å².